The van der Waals surface area contributed by atoms with Gasteiger partial charge in [-0.15, -0.1) is 0 Å². The lowest BCUT2D eigenvalue weighted by Crippen LogP contribution is -2.59. The first-order valence-electron chi connectivity index (χ1n) is 6.90. The quantitative estimate of drug-likeness (QED) is 0.856. The van der Waals surface area contributed by atoms with Gasteiger partial charge >= 0.3 is 0 Å². The molecule has 3 atom stereocenters. The number of methoxy groups -OCH3 is 1. The highest BCUT2D eigenvalue weighted by Gasteiger charge is 2.41. The molecule has 106 valence electrons. The van der Waals surface area contributed by atoms with Crippen LogP contribution in [-0.4, -0.2) is 32.0 Å². The third kappa shape index (κ3) is 3.01. The second kappa shape index (κ2) is 6.26. The van der Waals surface area contributed by atoms with E-state index in [1.165, 1.54) is 5.56 Å². The van der Waals surface area contributed by atoms with Crippen molar-refractivity contribution in [1.29, 1.82) is 0 Å². The van der Waals surface area contributed by atoms with Gasteiger partial charge in [-0.05, 0) is 31.0 Å². The van der Waals surface area contributed by atoms with Gasteiger partial charge in [-0.3, -0.25) is 0 Å². The van der Waals surface area contributed by atoms with E-state index in [0.717, 1.165) is 24.3 Å². The van der Waals surface area contributed by atoms with Crippen molar-refractivity contribution in [3.05, 3.63) is 23.8 Å². The fraction of sp³-hybridized carbons (Fsp3) is 0.600. The number of benzene rings is 1. The van der Waals surface area contributed by atoms with Crippen LogP contribution in [0.15, 0.2) is 18.2 Å². The second-order valence-corrected chi connectivity index (χ2v) is 4.81. The number of aryl methyl sites for hydroxylation is 1. The van der Waals surface area contributed by atoms with Crippen LogP contribution >= 0.6 is 0 Å². The van der Waals surface area contributed by atoms with Crippen molar-refractivity contribution >= 4 is 0 Å². The molecule has 4 nitrogen and oxygen atoms in total. The van der Waals surface area contributed by atoms with Gasteiger partial charge in [0.1, 0.15) is 12.2 Å². The zero-order valence-corrected chi connectivity index (χ0v) is 11.9. The molecule has 1 aliphatic carbocycles. The summed E-state index contributed by atoms with van der Waals surface area (Å²) in [6, 6.07) is 6.12. The van der Waals surface area contributed by atoms with E-state index < -0.39 is 0 Å². The number of hydrogen-bond acceptors (Lipinski definition) is 4. The van der Waals surface area contributed by atoms with Crippen LogP contribution < -0.4 is 15.2 Å². The van der Waals surface area contributed by atoms with E-state index in [0.29, 0.717) is 6.61 Å². The maximum atomic E-state index is 5.98. The summed E-state index contributed by atoms with van der Waals surface area (Å²) in [6.07, 6.45) is 1.81. The number of ether oxygens (including phenoxy) is 3. The van der Waals surface area contributed by atoms with Crippen molar-refractivity contribution in [2.24, 2.45) is 5.73 Å². The minimum atomic E-state index is -0.0134. The monoisotopic (exact) mass is 265 g/mol. The largest absolute Gasteiger partial charge is 0.493 e. The molecule has 0 spiro atoms. The van der Waals surface area contributed by atoms with Gasteiger partial charge in [-0.1, -0.05) is 13.0 Å². The normalized spacial score (nSPS) is 25.8. The summed E-state index contributed by atoms with van der Waals surface area (Å²) >= 11 is 0. The first kappa shape index (κ1) is 14.2. The molecule has 4 heteroatoms. The smallest absolute Gasteiger partial charge is 0.161 e. The predicted octanol–water partition coefficient (Wildman–Crippen LogP) is 2.14. The summed E-state index contributed by atoms with van der Waals surface area (Å²) in [7, 11) is 1.66. The van der Waals surface area contributed by atoms with Gasteiger partial charge in [0.2, 0.25) is 0 Å². The lowest BCUT2D eigenvalue weighted by Gasteiger charge is -2.41. The average molecular weight is 265 g/mol. The van der Waals surface area contributed by atoms with Gasteiger partial charge in [0.05, 0.1) is 7.11 Å². The van der Waals surface area contributed by atoms with Gasteiger partial charge in [0, 0.05) is 19.1 Å². The summed E-state index contributed by atoms with van der Waals surface area (Å²) in [5.41, 5.74) is 7.17. The Morgan fingerprint density at radius 1 is 1.26 bits per heavy atom. The van der Waals surface area contributed by atoms with Gasteiger partial charge in [-0.25, -0.2) is 0 Å². The van der Waals surface area contributed by atoms with E-state index in [2.05, 4.69) is 13.0 Å². The van der Waals surface area contributed by atoms with E-state index in [4.69, 9.17) is 19.9 Å². The van der Waals surface area contributed by atoms with Gasteiger partial charge in [0.25, 0.3) is 0 Å². The van der Waals surface area contributed by atoms with E-state index in [1.54, 1.807) is 7.11 Å². The number of hydrogen-bond donors (Lipinski definition) is 1. The fourth-order valence-electron chi connectivity index (χ4n) is 2.35. The first-order chi connectivity index (χ1) is 9.19. The fourth-order valence-corrected chi connectivity index (χ4v) is 2.35. The topological polar surface area (TPSA) is 53.7 Å². The van der Waals surface area contributed by atoms with Crippen molar-refractivity contribution in [2.75, 3.05) is 13.7 Å². The molecule has 1 aliphatic rings. The molecule has 0 heterocycles. The highest BCUT2D eigenvalue weighted by Crippen LogP contribution is 2.34. The van der Waals surface area contributed by atoms with E-state index in [9.17, 15) is 0 Å². The third-order valence-corrected chi connectivity index (χ3v) is 3.57. The highest BCUT2D eigenvalue weighted by molar-refractivity contribution is 5.43. The summed E-state index contributed by atoms with van der Waals surface area (Å²) in [5, 5.41) is 0. The maximum absolute atomic E-state index is 5.98. The Morgan fingerprint density at radius 3 is 2.63 bits per heavy atom. The van der Waals surface area contributed by atoms with Gasteiger partial charge in [-0.2, -0.15) is 0 Å². The van der Waals surface area contributed by atoms with E-state index in [1.807, 2.05) is 19.1 Å². The summed E-state index contributed by atoms with van der Waals surface area (Å²) in [5.74, 6) is 1.54. The minimum absolute atomic E-state index is 0.0134. The molecule has 19 heavy (non-hydrogen) atoms. The lowest BCUT2D eigenvalue weighted by atomic mass is 9.86. The average Bonchev–Trinajstić information content (AvgIpc) is 2.44. The molecule has 1 saturated carbocycles. The molecule has 0 bridgehead atoms. The van der Waals surface area contributed by atoms with Gasteiger partial charge < -0.3 is 19.9 Å². The molecule has 0 aliphatic heterocycles. The van der Waals surface area contributed by atoms with Crippen molar-refractivity contribution in [1.82, 2.24) is 0 Å². The highest BCUT2D eigenvalue weighted by atomic mass is 16.6. The Morgan fingerprint density at radius 2 is 2.05 bits per heavy atom. The van der Waals surface area contributed by atoms with E-state index >= 15 is 0 Å². The molecule has 1 fully saturated rings. The molecule has 3 unspecified atom stereocenters. The lowest BCUT2D eigenvalue weighted by molar-refractivity contribution is -0.0950. The van der Waals surface area contributed by atoms with Gasteiger partial charge in [0.15, 0.2) is 11.5 Å². The Labute approximate surface area is 114 Å². The standard InChI is InChI=1S/C15H23NO3/c1-4-10-6-7-12(13(8-10)17-3)19-14-9-11(16)15(14)18-5-2/h6-8,11,14-15H,4-5,9,16H2,1-3H3. The molecule has 1 aromatic carbocycles. The summed E-state index contributed by atoms with van der Waals surface area (Å²) < 4.78 is 17.0. The van der Waals surface area contributed by atoms with Crippen LogP contribution in [0.4, 0.5) is 0 Å². The second-order valence-electron chi connectivity index (χ2n) is 4.81. The first-order valence-corrected chi connectivity index (χ1v) is 6.90. The zero-order valence-electron chi connectivity index (χ0n) is 11.9. The molecular formula is C15H23NO3. The van der Waals surface area contributed by atoms with Crippen LogP contribution in [0, 0.1) is 0 Å². The Hall–Kier alpha value is -1.26. The Balaban J connectivity index is 2.06. The molecule has 2 N–H and O–H groups in total. The Kier molecular flexibility index (Phi) is 4.66. The van der Waals surface area contributed by atoms with Crippen LogP contribution in [0.1, 0.15) is 25.8 Å². The molecule has 0 radical (unpaired) electrons. The summed E-state index contributed by atoms with van der Waals surface area (Å²) in [6.45, 7) is 4.74. The van der Waals surface area contributed by atoms with E-state index in [-0.39, 0.29) is 18.2 Å². The Bertz CT molecular complexity index is 422. The molecule has 2 rings (SSSR count). The van der Waals surface area contributed by atoms with Crippen LogP contribution in [0.2, 0.25) is 0 Å². The van der Waals surface area contributed by atoms with Crippen LogP contribution in [0.5, 0.6) is 11.5 Å². The predicted molar refractivity (Wildman–Crippen MR) is 74.8 cm³/mol. The molecule has 0 saturated heterocycles. The van der Waals surface area contributed by atoms with Crippen LogP contribution in [0.3, 0.4) is 0 Å². The molecule has 0 amide bonds. The number of nitrogens with two attached hydrogens (primary N) is 1. The molecule has 1 aromatic rings. The van der Waals surface area contributed by atoms with Crippen molar-refractivity contribution in [3.63, 3.8) is 0 Å². The summed E-state index contributed by atoms with van der Waals surface area (Å²) in [4.78, 5) is 0. The van der Waals surface area contributed by atoms with Crippen LogP contribution in [-0.2, 0) is 11.2 Å². The molecular weight excluding hydrogens is 242 g/mol. The van der Waals surface area contributed by atoms with Crippen molar-refractivity contribution < 1.29 is 14.2 Å². The van der Waals surface area contributed by atoms with Crippen molar-refractivity contribution in [3.8, 4) is 11.5 Å². The van der Waals surface area contributed by atoms with Crippen LogP contribution in [0.25, 0.3) is 0 Å². The number of rotatable bonds is 6. The SMILES string of the molecule is CCOC1C(N)CC1Oc1ccc(CC)cc1OC. The van der Waals surface area contributed by atoms with Crippen molar-refractivity contribution in [2.45, 2.75) is 44.9 Å². The molecule has 0 aromatic heterocycles. The third-order valence-electron chi connectivity index (χ3n) is 3.57. The maximum Gasteiger partial charge on any atom is 0.161 e. The zero-order chi connectivity index (χ0) is 13.8. The minimum Gasteiger partial charge on any atom is -0.493 e.